The van der Waals surface area contributed by atoms with Gasteiger partial charge in [-0.2, -0.15) is 0 Å². The normalized spacial score (nSPS) is 9.55. The molecule has 0 amide bonds. The molecule has 0 radical (unpaired) electrons. The predicted octanol–water partition coefficient (Wildman–Crippen LogP) is 4.27. The fourth-order valence-electron chi connectivity index (χ4n) is 1.27. The summed E-state index contributed by atoms with van der Waals surface area (Å²) in [5.41, 5.74) is 7.40. The van der Waals surface area contributed by atoms with Crippen LogP contribution in [0.1, 0.15) is 13.8 Å². The highest BCUT2D eigenvalue weighted by Crippen LogP contribution is 2.10. The molecule has 2 rings (SSSR count). The van der Waals surface area contributed by atoms with Crippen molar-refractivity contribution in [1.82, 2.24) is 5.43 Å². The molecular weight excluding hydrogens is 296 g/mol. The van der Waals surface area contributed by atoms with Crippen molar-refractivity contribution in [3.05, 3.63) is 60.7 Å². The lowest BCUT2D eigenvalue weighted by Gasteiger charge is -2.06. The van der Waals surface area contributed by atoms with E-state index in [1.165, 1.54) is 13.8 Å². The number of thiocarbonyl (C=S) groups is 1. The minimum Gasteiger partial charge on any atom is -0.300 e. The average molecular weight is 314 g/mol. The van der Waals surface area contributed by atoms with Crippen LogP contribution < -0.4 is 10.9 Å². The third-order valence-electron chi connectivity index (χ3n) is 2.10. The molecule has 0 saturated heterocycles. The van der Waals surface area contributed by atoms with Gasteiger partial charge in [0.05, 0.1) is 11.4 Å². The summed E-state index contributed by atoms with van der Waals surface area (Å²) in [7, 11) is 0. The summed E-state index contributed by atoms with van der Waals surface area (Å²) in [5.74, 6) is 0.167. The van der Waals surface area contributed by atoms with Gasteiger partial charge in [0, 0.05) is 0 Å². The summed E-state index contributed by atoms with van der Waals surface area (Å²) >= 11 is 5.02. The Bertz CT molecular complexity index is 611. The number of carbonyl (C=O) groups is 1. The molecule has 6 heteroatoms. The van der Waals surface area contributed by atoms with E-state index in [0.717, 1.165) is 11.4 Å². The second-order valence-corrected chi connectivity index (χ2v) is 4.75. The Hall–Kier alpha value is -2.60. The topological polar surface area (TPSA) is 65.8 Å². The molecule has 2 aromatic rings. The van der Waals surface area contributed by atoms with E-state index >= 15 is 0 Å². The van der Waals surface area contributed by atoms with E-state index in [1.807, 2.05) is 60.7 Å². The molecule has 0 heterocycles. The largest absolute Gasteiger partial charge is 0.300 e. The number of hydrogen-bond donors (Lipinski definition) is 2. The summed E-state index contributed by atoms with van der Waals surface area (Å²) in [6.45, 7) is 3.06. The maximum absolute atomic E-state index is 9.44. The number of hydrogen-bond acceptors (Lipinski definition) is 4. The average Bonchev–Trinajstić information content (AvgIpc) is 2.52. The number of benzene rings is 2. The van der Waals surface area contributed by atoms with Gasteiger partial charge >= 0.3 is 0 Å². The Kier molecular flexibility index (Phi) is 8.07. The SMILES string of the molecule is CC(C)=O.S=C(N=Nc1ccccc1)NNc1ccccc1. The van der Waals surface area contributed by atoms with Gasteiger partial charge in [0.2, 0.25) is 5.11 Å². The highest BCUT2D eigenvalue weighted by Gasteiger charge is 1.93. The molecule has 0 spiro atoms. The summed E-state index contributed by atoms with van der Waals surface area (Å²) < 4.78 is 0. The Morgan fingerprint density at radius 1 is 0.955 bits per heavy atom. The van der Waals surface area contributed by atoms with Crippen molar-refractivity contribution in [2.24, 2.45) is 10.2 Å². The molecule has 0 aliphatic rings. The fourth-order valence-corrected chi connectivity index (χ4v) is 1.36. The number of nitrogens with zero attached hydrogens (tertiary/aromatic N) is 2. The molecule has 0 saturated carbocycles. The van der Waals surface area contributed by atoms with Gasteiger partial charge in [0.15, 0.2) is 0 Å². The van der Waals surface area contributed by atoms with Crippen LogP contribution in [-0.2, 0) is 4.79 Å². The van der Waals surface area contributed by atoms with Crippen LogP contribution in [0.5, 0.6) is 0 Å². The van der Waals surface area contributed by atoms with Gasteiger partial charge in [-0.05, 0) is 50.3 Å². The molecule has 0 bridgehead atoms. The smallest absolute Gasteiger partial charge is 0.232 e. The summed E-state index contributed by atoms with van der Waals surface area (Å²) in [5, 5.41) is 8.17. The van der Waals surface area contributed by atoms with Crippen molar-refractivity contribution in [2.45, 2.75) is 13.8 Å². The molecule has 5 nitrogen and oxygen atoms in total. The molecule has 0 fully saturated rings. The van der Waals surface area contributed by atoms with Crippen LogP contribution in [0, 0.1) is 0 Å². The van der Waals surface area contributed by atoms with E-state index in [-0.39, 0.29) is 10.9 Å². The second-order valence-electron chi connectivity index (χ2n) is 4.36. The van der Waals surface area contributed by atoms with E-state index in [9.17, 15) is 4.79 Å². The van der Waals surface area contributed by atoms with Gasteiger partial charge in [-0.15, -0.1) is 10.2 Å². The standard InChI is InChI=1S/C13H12N4S.C3H6O/c18-13(16-14-11-7-3-1-4-8-11)17-15-12-9-5-2-6-10-12;1-3(2)4/h1-10,14H,(H,16,18);1-2H3. The minimum atomic E-state index is 0.167. The molecule has 22 heavy (non-hydrogen) atoms. The summed E-state index contributed by atoms with van der Waals surface area (Å²) in [6.07, 6.45) is 0. The van der Waals surface area contributed by atoms with E-state index in [2.05, 4.69) is 21.1 Å². The molecule has 0 aromatic heterocycles. The highest BCUT2D eigenvalue weighted by molar-refractivity contribution is 7.80. The lowest BCUT2D eigenvalue weighted by atomic mass is 10.3. The van der Waals surface area contributed by atoms with Gasteiger partial charge in [-0.1, -0.05) is 36.4 Å². The third kappa shape index (κ3) is 8.55. The van der Waals surface area contributed by atoms with E-state index < -0.39 is 0 Å². The third-order valence-corrected chi connectivity index (χ3v) is 2.28. The zero-order valence-electron chi connectivity index (χ0n) is 12.5. The van der Waals surface area contributed by atoms with Crippen molar-refractivity contribution in [3.8, 4) is 0 Å². The van der Waals surface area contributed by atoms with Crippen molar-refractivity contribution < 1.29 is 4.79 Å². The lowest BCUT2D eigenvalue weighted by Crippen LogP contribution is -2.25. The molecule has 0 unspecified atom stereocenters. The molecule has 0 aliphatic heterocycles. The van der Waals surface area contributed by atoms with Gasteiger partial charge in [-0.3, -0.25) is 10.9 Å². The zero-order valence-corrected chi connectivity index (χ0v) is 13.3. The lowest BCUT2D eigenvalue weighted by molar-refractivity contribution is -0.114. The summed E-state index contributed by atoms with van der Waals surface area (Å²) in [6, 6.07) is 19.1. The number of Topliss-reactive ketones (excluding diaryl/α,β-unsaturated/α-hetero) is 1. The number of rotatable bonds is 3. The Morgan fingerprint density at radius 3 is 2.00 bits per heavy atom. The quantitative estimate of drug-likeness (QED) is 0.504. The molecule has 0 atom stereocenters. The Morgan fingerprint density at radius 2 is 1.45 bits per heavy atom. The number of para-hydroxylation sites is 1. The van der Waals surface area contributed by atoms with Crippen molar-refractivity contribution >= 4 is 34.5 Å². The van der Waals surface area contributed by atoms with Gasteiger partial charge in [0.1, 0.15) is 5.78 Å². The fraction of sp³-hybridized carbons (Fsp3) is 0.125. The maximum Gasteiger partial charge on any atom is 0.232 e. The number of azo groups is 1. The highest BCUT2D eigenvalue weighted by atomic mass is 32.1. The molecule has 2 aromatic carbocycles. The molecule has 2 N–H and O–H groups in total. The first-order valence-electron chi connectivity index (χ1n) is 6.63. The first kappa shape index (κ1) is 17.5. The predicted molar refractivity (Wildman–Crippen MR) is 93.1 cm³/mol. The second kappa shape index (κ2) is 10.2. The van der Waals surface area contributed by atoms with Gasteiger partial charge < -0.3 is 4.79 Å². The van der Waals surface area contributed by atoms with Crippen LogP contribution in [0.2, 0.25) is 0 Å². The van der Waals surface area contributed by atoms with Crippen LogP contribution in [0.4, 0.5) is 11.4 Å². The van der Waals surface area contributed by atoms with E-state index in [1.54, 1.807) is 0 Å². The maximum atomic E-state index is 9.44. The minimum absolute atomic E-state index is 0.167. The van der Waals surface area contributed by atoms with Crippen molar-refractivity contribution in [1.29, 1.82) is 0 Å². The van der Waals surface area contributed by atoms with Crippen molar-refractivity contribution in [2.75, 3.05) is 5.43 Å². The zero-order chi connectivity index (χ0) is 16.2. The van der Waals surface area contributed by atoms with E-state index in [4.69, 9.17) is 12.2 Å². The van der Waals surface area contributed by atoms with Gasteiger partial charge in [0.25, 0.3) is 0 Å². The van der Waals surface area contributed by atoms with Crippen LogP contribution in [-0.4, -0.2) is 10.9 Å². The number of nitrogens with one attached hydrogen (secondary N) is 2. The number of ketones is 1. The monoisotopic (exact) mass is 314 g/mol. The van der Waals surface area contributed by atoms with Crippen LogP contribution in [0.25, 0.3) is 0 Å². The number of hydrazine groups is 1. The number of anilines is 1. The van der Waals surface area contributed by atoms with Crippen LogP contribution in [0.15, 0.2) is 70.9 Å². The summed E-state index contributed by atoms with van der Waals surface area (Å²) in [4.78, 5) is 9.44. The van der Waals surface area contributed by atoms with Gasteiger partial charge in [-0.25, -0.2) is 0 Å². The van der Waals surface area contributed by atoms with Crippen molar-refractivity contribution in [3.63, 3.8) is 0 Å². The Labute approximate surface area is 135 Å². The first-order valence-corrected chi connectivity index (χ1v) is 7.04. The first-order chi connectivity index (χ1) is 10.6. The molecular formula is C16H18N4OS. The van der Waals surface area contributed by atoms with E-state index in [0.29, 0.717) is 0 Å². The molecule has 114 valence electrons. The van der Waals surface area contributed by atoms with Crippen LogP contribution >= 0.6 is 12.2 Å². The van der Waals surface area contributed by atoms with Crippen LogP contribution in [0.3, 0.4) is 0 Å². The molecule has 0 aliphatic carbocycles. The Balaban J connectivity index is 0.000000541. The number of carbonyl (C=O) groups excluding carboxylic acids is 1.